The van der Waals surface area contributed by atoms with Crippen molar-refractivity contribution < 1.29 is 0 Å². The lowest BCUT2D eigenvalue weighted by Gasteiger charge is -2.59. The molecule has 0 radical (unpaired) electrons. The van der Waals surface area contributed by atoms with E-state index in [1.165, 1.54) is 75.8 Å². The van der Waals surface area contributed by atoms with E-state index in [1.54, 1.807) is 0 Å². The molecule has 0 N–H and O–H groups in total. The fraction of sp³-hybridized carbons (Fsp3) is 0.739. The Hall–Kier alpha value is -1.18. The van der Waals surface area contributed by atoms with Gasteiger partial charge in [-0.25, -0.2) is 0 Å². The van der Waals surface area contributed by atoms with Gasteiger partial charge in [0.05, 0.1) is 23.0 Å². The van der Waals surface area contributed by atoms with Gasteiger partial charge >= 0.3 is 0 Å². The molecule has 0 fully saturated rings. The third-order valence-corrected chi connectivity index (χ3v) is 5.86. The van der Waals surface area contributed by atoms with Gasteiger partial charge < -0.3 is 9.80 Å². The van der Waals surface area contributed by atoms with Crippen LogP contribution in [0.2, 0.25) is 0 Å². The molecule has 1 aromatic carbocycles. The molecular weight excluding hydrogens is 304 g/mol. The Balaban J connectivity index is 2.65. The van der Waals surface area contributed by atoms with Crippen molar-refractivity contribution >= 4 is 11.4 Å². The Morgan fingerprint density at radius 3 is 1.88 bits per heavy atom. The van der Waals surface area contributed by atoms with Crippen molar-refractivity contribution in [3.8, 4) is 0 Å². The van der Waals surface area contributed by atoms with Gasteiger partial charge in [-0.2, -0.15) is 0 Å². The van der Waals surface area contributed by atoms with Crippen molar-refractivity contribution in [2.75, 3.05) is 22.9 Å². The molecule has 25 heavy (non-hydrogen) atoms. The van der Waals surface area contributed by atoms with E-state index < -0.39 is 0 Å². The predicted octanol–water partition coefficient (Wildman–Crippen LogP) is 6.64. The summed E-state index contributed by atoms with van der Waals surface area (Å²) in [6, 6.07) is 9.82. The zero-order valence-corrected chi connectivity index (χ0v) is 17.4. The highest BCUT2D eigenvalue weighted by molar-refractivity contribution is 5.76. The molecule has 0 amide bonds. The average molecular weight is 345 g/mol. The van der Waals surface area contributed by atoms with Crippen LogP contribution in [-0.2, 0) is 0 Å². The highest BCUT2D eigenvalue weighted by Crippen LogP contribution is 2.48. The van der Waals surface area contributed by atoms with Crippen LogP contribution in [0, 0.1) is 0 Å². The Morgan fingerprint density at radius 1 is 0.760 bits per heavy atom. The molecule has 2 heteroatoms. The molecule has 0 spiro atoms. The number of fused-ring (bicyclic) bond motifs is 1. The van der Waals surface area contributed by atoms with Gasteiger partial charge in [0.25, 0.3) is 0 Å². The predicted molar refractivity (Wildman–Crippen MR) is 113 cm³/mol. The summed E-state index contributed by atoms with van der Waals surface area (Å²) in [4.78, 5) is 5.60. The number of benzene rings is 1. The van der Waals surface area contributed by atoms with Crippen LogP contribution in [0.15, 0.2) is 24.3 Å². The van der Waals surface area contributed by atoms with E-state index in [-0.39, 0.29) is 0 Å². The van der Waals surface area contributed by atoms with Crippen LogP contribution < -0.4 is 9.80 Å². The first-order valence-corrected chi connectivity index (χ1v) is 10.8. The SMILES string of the molecule is CCCC1N(CCC)c2ccccc2N(CCC)C1(CCC)CCC. The Labute approximate surface area is 156 Å². The molecule has 0 aromatic heterocycles. The van der Waals surface area contributed by atoms with Crippen LogP contribution in [0.25, 0.3) is 0 Å². The summed E-state index contributed by atoms with van der Waals surface area (Å²) in [5.41, 5.74) is 3.24. The summed E-state index contributed by atoms with van der Waals surface area (Å²) in [7, 11) is 0. The molecule has 1 atom stereocenters. The van der Waals surface area contributed by atoms with Crippen molar-refractivity contribution in [3.63, 3.8) is 0 Å². The second-order valence-corrected chi connectivity index (χ2v) is 7.74. The average Bonchev–Trinajstić information content (AvgIpc) is 2.62. The molecule has 0 aliphatic carbocycles. The molecule has 1 aliphatic rings. The summed E-state index contributed by atoms with van der Waals surface area (Å²) in [6.07, 6.45) is 10.1. The second kappa shape index (κ2) is 9.50. The van der Waals surface area contributed by atoms with Crippen molar-refractivity contribution in [2.24, 2.45) is 0 Å². The minimum atomic E-state index is 0.291. The van der Waals surface area contributed by atoms with Gasteiger partial charge in [0.2, 0.25) is 0 Å². The van der Waals surface area contributed by atoms with Gasteiger partial charge in [-0.15, -0.1) is 0 Å². The lowest BCUT2D eigenvalue weighted by Crippen LogP contribution is -2.66. The normalized spacial score (nSPS) is 19.2. The minimum absolute atomic E-state index is 0.291. The van der Waals surface area contributed by atoms with E-state index in [0.717, 1.165) is 0 Å². The maximum atomic E-state index is 2.82. The van der Waals surface area contributed by atoms with Crippen molar-refractivity contribution in [1.82, 2.24) is 0 Å². The molecule has 142 valence electrons. The number of hydrogen-bond acceptors (Lipinski definition) is 2. The maximum Gasteiger partial charge on any atom is 0.0609 e. The Kier molecular flexibility index (Phi) is 7.65. The highest BCUT2D eigenvalue weighted by Gasteiger charge is 2.48. The molecule has 0 bridgehead atoms. The van der Waals surface area contributed by atoms with E-state index in [9.17, 15) is 0 Å². The van der Waals surface area contributed by atoms with Crippen LogP contribution in [0.4, 0.5) is 11.4 Å². The van der Waals surface area contributed by atoms with Gasteiger partial charge in [-0.1, -0.05) is 66.0 Å². The largest absolute Gasteiger partial charge is 0.365 e. The fourth-order valence-electron chi connectivity index (χ4n) is 5.19. The van der Waals surface area contributed by atoms with Gasteiger partial charge in [-0.3, -0.25) is 0 Å². The Bertz CT molecular complexity index is 505. The highest BCUT2D eigenvalue weighted by atomic mass is 15.3. The van der Waals surface area contributed by atoms with E-state index in [1.807, 2.05) is 0 Å². The van der Waals surface area contributed by atoms with Gasteiger partial charge in [0.15, 0.2) is 0 Å². The molecule has 2 nitrogen and oxygen atoms in total. The summed E-state index contributed by atoms with van der Waals surface area (Å²) in [5, 5.41) is 0. The minimum Gasteiger partial charge on any atom is -0.365 e. The lowest BCUT2D eigenvalue weighted by molar-refractivity contribution is 0.237. The molecule has 1 aliphatic heterocycles. The topological polar surface area (TPSA) is 6.48 Å². The maximum absolute atomic E-state index is 2.82. The van der Waals surface area contributed by atoms with Crippen LogP contribution in [0.3, 0.4) is 0 Å². The van der Waals surface area contributed by atoms with Gasteiger partial charge in [0, 0.05) is 13.1 Å². The molecule has 1 unspecified atom stereocenters. The van der Waals surface area contributed by atoms with Gasteiger partial charge in [-0.05, 0) is 44.2 Å². The van der Waals surface area contributed by atoms with Crippen LogP contribution in [0.5, 0.6) is 0 Å². The third-order valence-electron chi connectivity index (χ3n) is 5.86. The Morgan fingerprint density at radius 2 is 1.36 bits per heavy atom. The molecule has 1 heterocycles. The fourth-order valence-corrected chi connectivity index (χ4v) is 5.19. The molecule has 0 saturated carbocycles. The number of nitrogens with zero attached hydrogens (tertiary/aromatic N) is 2. The first-order chi connectivity index (χ1) is 12.2. The summed E-state index contributed by atoms with van der Waals surface area (Å²) in [6.45, 7) is 14.1. The van der Waals surface area contributed by atoms with E-state index in [4.69, 9.17) is 0 Å². The zero-order valence-electron chi connectivity index (χ0n) is 17.4. The summed E-state index contributed by atoms with van der Waals surface area (Å²) < 4.78 is 0. The number of hydrogen-bond donors (Lipinski definition) is 0. The summed E-state index contributed by atoms with van der Waals surface area (Å²) in [5.74, 6) is 0. The molecule has 2 rings (SSSR count). The van der Waals surface area contributed by atoms with E-state index >= 15 is 0 Å². The van der Waals surface area contributed by atoms with Crippen LogP contribution in [0.1, 0.15) is 86.0 Å². The quantitative estimate of drug-likeness (QED) is 0.469. The van der Waals surface area contributed by atoms with E-state index in [2.05, 4.69) is 68.7 Å². The van der Waals surface area contributed by atoms with Crippen molar-refractivity contribution in [3.05, 3.63) is 24.3 Å². The summed E-state index contributed by atoms with van der Waals surface area (Å²) >= 11 is 0. The number of para-hydroxylation sites is 2. The van der Waals surface area contributed by atoms with E-state index in [0.29, 0.717) is 11.6 Å². The smallest absolute Gasteiger partial charge is 0.0609 e. The number of anilines is 2. The second-order valence-electron chi connectivity index (χ2n) is 7.74. The molecule has 1 aromatic rings. The van der Waals surface area contributed by atoms with Crippen LogP contribution >= 0.6 is 0 Å². The zero-order chi connectivity index (χ0) is 18.3. The third kappa shape index (κ3) is 3.83. The lowest BCUT2D eigenvalue weighted by atomic mass is 9.74. The monoisotopic (exact) mass is 344 g/mol. The van der Waals surface area contributed by atoms with Crippen molar-refractivity contribution in [1.29, 1.82) is 0 Å². The molecule has 0 saturated heterocycles. The first-order valence-electron chi connectivity index (χ1n) is 10.8. The first kappa shape index (κ1) is 20.1. The van der Waals surface area contributed by atoms with Crippen molar-refractivity contribution in [2.45, 2.75) is 97.6 Å². The number of rotatable bonds is 10. The van der Waals surface area contributed by atoms with Gasteiger partial charge in [0.1, 0.15) is 0 Å². The standard InChI is InChI=1S/C23H40N2/c1-6-13-22-23(16-7-2,17-8-3)25(19-10-5)21-15-12-11-14-20(21)24(22)18-9-4/h11-12,14-15,22H,6-10,13,16-19H2,1-5H3. The molecular formula is C23H40N2. The van der Waals surface area contributed by atoms with Crippen LogP contribution in [-0.4, -0.2) is 24.7 Å².